The van der Waals surface area contributed by atoms with Crippen molar-refractivity contribution in [2.24, 2.45) is 0 Å². The summed E-state index contributed by atoms with van der Waals surface area (Å²) in [5.74, 6) is 0.930. The van der Waals surface area contributed by atoms with E-state index in [4.69, 9.17) is 9.72 Å². The molecule has 1 aliphatic heterocycles. The highest BCUT2D eigenvalue weighted by Crippen LogP contribution is 2.46. The van der Waals surface area contributed by atoms with Crippen molar-refractivity contribution in [3.63, 3.8) is 0 Å². The van der Waals surface area contributed by atoms with Crippen LogP contribution >= 0.6 is 0 Å². The molecule has 1 N–H and O–H groups in total. The molecule has 9 rings (SSSR count). The van der Waals surface area contributed by atoms with Gasteiger partial charge in [0.25, 0.3) is 0 Å². The van der Waals surface area contributed by atoms with Crippen molar-refractivity contribution in [2.45, 2.75) is 19.1 Å². The van der Waals surface area contributed by atoms with E-state index in [1.54, 1.807) is 0 Å². The van der Waals surface area contributed by atoms with Gasteiger partial charge in [0.15, 0.2) is 12.0 Å². The van der Waals surface area contributed by atoms with Gasteiger partial charge in [0.2, 0.25) is 0 Å². The molecule has 0 radical (unpaired) electrons. The zero-order valence-corrected chi connectivity index (χ0v) is 25.2. The molecule has 4 heteroatoms. The molecule has 3 heterocycles. The monoisotopic (exact) mass is 593 g/mol. The molecule has 0 saturated carbocycles. The highest BCUT2D eigenvalue weighted by atomic mass is 16.5. The Morgan fingerprint density at radius 3 is 2.09 bits per heavy atom. The fourth-order valence-electron chi connectivity index (χ4n) is 6.85. The minimum absolute atomic E-state index is 0.133. The number of para-hydroxylation sites is 1. The van der Waals surface area contributed by atoms with E-state index in [1.165, 1.54) is 16.5 Å². The van der Waals surface area contributed by atoms with Crippen LogP contribution in [0, 0.1) is 0 Å². The van der Waals surface area contributed by atoms with Crippen LogP contribution in [0.4, 0.5) is 5.69 Å². The lowest BCUT2D eigenvalue weighted by Crippen LogP contribution is -2.23. The lowest BCUT2D eigenvalue weighted by molar-refractivity contribution is 0.287. The van der Waals surface area contributed by atoms with E-state index in [2.05, 4.69) is 156 Å². The first-order chi connectivity index (χ1) is 22.8. The van der Waals surface area contributed by atoms with Gasteiger partial charge in [0.05, 0.1) is 33.5 Å². The number of benzene rings is 5. The number of pyridine rings is 1. The van der Waals surface area contributed by atoms with Gasteiger partial charge in [-0.2, -0.15) is 0 Å². The molecular formula is C42H31N3O. The summed E-state index contributed by atoms with van der Waals surface area (Å²) in [6, 6.07) is 47.1. The Kier molecular flexibility index (Phi) is 6.31. The molecule has 0 fully saturated rings. The van der Waals surface area contributed by atoms with Crippen LogP contribution in [0.15, 0.2) is 157 Å². The summed E-state index contributed by atoms with van der Waals surface area (Å²) < 4.78 is 9.00. The number of hydrogen-bond acceptors (Lipinski definition) is 3. The number of ether oxygens (including phenoxy) is 1. The number of anilines is 1. The van der Waals surface area contributed by atoms with Crippen molar-refractivity contribution in [3.05, 3.63) is 157 Å². The summed E-state index contributed by atoms with van der Waals surface area (Å²) in [4.78, 5) is 5.14. The second kappa shape index (κ2) is 10.9. The Morgan fingerprint density at radius 2 is 1.35 bits per heavy atom. The maximum absolute atomic E-state index is 6.65. The second-order valence-corrected chi connectivity index (χ2v) is 11.9. The number of hydrogen-bond donors (Lipinski definition) is 1. The third-order valence-electron chi connectivity index (χ3n) is 9.12. The summed E-state index contributed by atoms with van der Waals surface area (Å²) >= 11 is 0. The van der Waals surface area contributed by atoms with Gasteiger partial charge in [0, 0.05) is 22.2 Å². The Hall–Kier alpha value is -5.87. The van der Waals surface area contributed by atoms with Gasteiger partial charge in [-0.05, 0) is 72.0 Å². The molecule has 0 bridgehead atoms. The predicted molar refractivity (Wildman–Crippen MR) is 189 cm³/mol. The summed E-state index contributed by atoms with van der Waals surface area (Å²) in [6.07, 6.45) is 8.45. The van der Waals surface area contributed by atoms with Crippen molar-refractivity contribution in [2.75, 3.05) is 5.32 Å². The first-order valence-corrected chi connectivity index (χ1v) is 15.9. The van der Waals surface area contributed by atoms with E-state index in [0.717, 1.165) is 74.5 Å². The largest absolute Gasteiger partial charge is 0.464 e. The van der Waals surface area contributed by atoms with E-state index >= 15 is 0 Å². The van der Waals surface area contributed by atoms with Gasteiger partial charge < -0.3 is 14.6 Å². The van der Waals surface area contributed by atoms with Crippen LogP contribution in [0.3, 0.4) is 0 Å². The molecule has 7 aromatic rings. The third kappa shape index (κ3) is 4.50. The number of aromatic nitrogens is 2. The van der Waals surface area contributed by atoms with Crippen molar-refractivity contribution < 1.29 is 4.74 Å². The number of rotatable bonds is 5. The summed E-state index contributed by atoms with van der Waals surface area (Å²) in [6.45, 7) is 0. The first kappa shape index (κ1) is 26.5. The number of allylic oxidation sites excluding steroid dienone is 3. The normalized spacial score (nSPS) is 15.4. The number of nitrogens with one attached hydrogen (secondary N) is 1. The molecule has 2 aromatic heterocycles. The minimum Gasteiger partial charge on any atom is -0.464 e. The fraction of sp³-hybridized carbons (Fsp3) is 0.0714. The minimum atomic E-state index is -0.133. The van der Waals surface area contributed by atoms with Crippen LogP contribution in [0.5, 0.6) is 5.75 Å². The lowest BCUT2D eigenvalue weighted by atomic mass is 10.00. The maximum Gasteiger partial charge on any atom is 0.192 e. The molecule has 2 aliphatic rings. The quantitative estimate of drug-likeness (QED) is 0.216. The first-order valence-electron chi connectivity index (χ1n) is 15.9. The van der Waals surface area contributed by atoms with Crippen LogP contribution < -0.4 is 10.1 Å². The molecule has 1 aliphatic carbocycles. The van der Waals surface area contributed by atoms with Crippen LogP contribution in [0.1, 0.15) is 12.8 Å². The molecular weight excluding hydrogens is 562 g/mol. The zero-order chi connectivity index (χ0) is 30.5. The SMILES string of the molecule is C1=CCCC(C2Nc3ccc4c(c3O2)c2ccccc2n4-c2ccc(-c3cc(-c4ccccc4)cc(-c4ccccc4)n3)cc2)=C1. The molecule has 220 valence electrons. The van der Waals surface area contributed by atoms with Crippen LogP contribution in [-0.2, 0) is 0 Å². The van der Waals surface area contributed by atoms with Crippen LogP contribution in [-0.4, -0.2) is 15.8 Å². The molecule has 46 heavy (non-hydrogen) atoms. The Balaban J connectivity index is 1.14. The Labute approximate surface area is 267 Å². The Bertz CT molecular complexity index is 2240. The third-order valence-corrected chi connectivity index (χ3v) is 9.12. The summed E-state index contributed by atoms with van der Waals surface area (Å²) in [7, 11) is 0. The molecule has 1 atom stereocenters. The van der Waals surface area contributed by atoms with Gasteiger partial charge in [-0.25, -0.2) is 4.98 Å². The highest BCUT2D eigenvalue weighted by molar-refractivity contribution is 6.14. The van der Waals surface area contributed by atoms with E-state index < -0.39 is 0 Å². The molecule has 0 saturated heterocycles. The average molecular weight is 594 g/mol. The Morgan fingerprint density at radius 1 is 0.652 bits per heavy atom. The van der Waals surface area contributed by atoms with Gasteiger partial charge in [-0.15, -0.1) is 0 Å². The van der Waals surface area contributed by atoms with E-state index in [-0.39, 0.29) is 6.23 Å². The van der Waals surface area contributed by atoms with Gasteiger partial charge in [0.1, 0.15) is 0 Å². The molecule has 1 unspecified atom stereocenters. The van der Waals surface area contributed by atoms with E-state index in [9.17, 15) is 0 Å². The fourth-order valence-corrected chi connectivity index (χ4v) is 6.85. The summed E-state index contributed by atoms with van der Waals surface area (Å²) in [5, 5.41) is 5.95. The van der Waals surface area contributed by atoms with Gasteiger partial charge in [-0.1, -0.05) is 109 Å². The second-order valence-electron chi connectivity index (χ2n) is 11.9. The van der Waals surface area contributed by atoms with Gasteiger partial charge in [-0.3, -0.25) is 0 Å². The summed E-state index contributed by atoms with van der Waals surface area (Å²) in [5.41, 5.74) is 12.1. The maximum atomic E-state index is 6.65. The number of nitrogens with zero attached hydrogens (tertiary/aromatic N) is 2. The zero-order valence-electron chi connectivity index (χ0n) is 25.2. The highest BCUT2D eigenvalue weighted by Gasteiger charge is 2.29. The molecule has 4 nitrogen and oxygen atoms in total. The smallest absolute Gasteiger partial charge is 0.192 e. The van der Waals surface area contributed by atoms with Crippen LogP contribution in [0.25, 0.3) is 61.1 Å². The van der Waals surface area contributed by atoms with Crippen molar-refractivity contribution >= 4 is 27.5 Å². The molecule has 0 amide bonds. The van der Waals surface area contributed by atoms with Crippen molar-refractivity contribution in [1.29, 1.82) is 0 Å². The van der Waals surface area contributed by atoms with Crippen molar-refractivity contribution in [3.8, 4) is 45.1 Å². The molecule has 0 spiro atoms. The topological polar surface area (TPSA) is 39.1 Å². The van der Waals surface area contributed by atoms with Gasteiger partial charge >= 0.3 is 0 Å². The van der Waals surface area contributed by atoms with E-state index in [1.807, 2.05) is 6.07 Å². The predicted octanol–water partition coefficient (Wildman–Crippen LogP) is 10.6. The standard InChI is InChI=1S/C42H31N3O/c1-4-12-28(13-5-1)32-26-36(29-14-6-2-7-15-29)43-37(27-32)30-20-22-33(23-21-30)45-38-19-11-10-18-34(38)40-39(45)25-24-35-41(40)46-42(44-35)31-16-8-3-9-17-31/h1-8,10-16,18-27,42,44H,9,17H2. The average Bonchev–Trinajstić information content (AvgIpc) is 3.72. The molecule has 5 aromatic carbocycles. The lowest BCUT2D eigenvalue weighted by Gasteiger charge is -2.16. The number of fused-ring (bicyclic) bond motifs is 5. The van der Waals surface area contributed by atoms with E-state index in [0.29, 0.717) is 0 Å². The van der Waals surface area contributed by atoms with Crippen molar-refractivity contribution in [1.82, 2.24) is 9.55 Å². The van der Waals surface area contributed by atoms with Crippen LogP contribution in [0.2, 0.25) is 0 Å².